The van der Waals surface area contributed by atoms with Crippen LogP contribution in [-0.2, 0) is 28.9 Å². The van der Waals surface area contributed by atoms with Crippen molar-refractivity contribution in [2.24, 2.45) is 22.9 Å². The first kappa shape index (κ1) is 14.9. The number of nitrogens with two attached hydrogens (primary N) is 3. The minimum atomic E-state index is -2.43. The van der Waals surface area contributed by atoms with Crippen molar-refractivity contribution in [1.29, 1.82) is 0 Å². The summed E-state index contributed by atoms with van der Waals surface area (Å²) in [7, 11) is 0. The number of hydrogen-bond donors (Lipinski definition) is 3. The summed E-state index contributed by atoms with van der Waals surface area (Å²) < 4.78 is 0. The van der Waals surface area contributed by atoms with E-state index >= 15 is 0 Å². The summed E-state index contributed by atoms with van der Waals surface area (Å²) in [5.74, 6) is 9.81. The molecular formula is C6H10N4O7. The fourth-order valence-electron chi connectivity index (χ4n) is 0.979. The molecule has 0 spiro atoms. The third-order valence-electron chi connectivity index (χ3n) is 1.80. The van der Waals surface area contributed by atoms with Gasteiger partial charge < -0.3 is 14.5 Å². The van der Waals surface area contributed by atoms with E-state index in [1.807, 2.05) is 0 Å². The molecule has 6 N–H and O–H groups in total. The highest BCUT2D eigenvalue weighted by atomic mass is 16.7. The fourth-order valence-corrected chi connectivity index (χ4v) is 0.979. The van der Waals surface area contributed by atoms with Crippen LogP contribution in [-0.4, -0.2) is 23.4 Å². The Morgan fingerprint density at radius 2 is 1.35 bits per heavy atom. The van der Waals surface area contributed by atoms with Crippen molar-refractivity contribution in [2.75, 3.05) is 0 Å². The van der Waals surface area contributed by atoms with Gasteiger partial charge in [-0.1, -0.05) is 0 Å². The second kappa shape index (κ2) is 6.47. The molecule has 0 rings (SSSR count). The van der Waals surface area contributed by atoms with E-state index in [9.17, 15) is 19.3 Å². The lowest BCUT2D eigenvalue weighted by Gasteiger charge is -2.19. The molecule has 11 nitrogen and oxygen atoms in total. The SMILES string of the molecule is NOC(=O)CC(CC(=O)ON)(N=O)C(=O)ON. The first-order valence-corrected chi connectivity index (χ1v) is 4.00. The van der Waals surface area contributed by atoms with E-state index in [4.69, 9.17) is 0 Å². The summed E-state index contributed by atoms with van der Waals surface area (Å²) in [6.07, 6.45) is -1.89. The Morgan fingerprint density at radius 1 is 0.941 bits per heavy atom. The first-order valence-electron chi connectivity index (χ1n) is 4.00. The quantitative estimate of drug-likeness (QED) is 0.336. The predicted molar refractivity (Wildman–Crippen MR) is 48.6 cm³/mol. The maximum Gasteiger partial charge on any atom is 0.357 e. The molecule has 0 aromatic carbocycles. The molecule has 0 aliphatic heterocycles. The van der Waals surface area contributed by atoms with Crippen molar-refractivity contribution in [3.05, 3.63) is 4.91 Å². The number of carbonyl (C=O) groups excluding carboxylic acids is 3. The number of nitrogens with zero attached hydrogens (tertiary/aromatic N) is 1. The number of rotatable bonds is 6. The van der Waals surface area contributed by atoms with Crippen molar-refractivity contribution in [3.63, 3.8) is 0 Å². The first-order chi connectivity index (χ1) is 7.95. The standard InChI is InChI=1S/C6H10N4O7/c7-15-3(11)1-6(10-14,5(13)17-9)2-4(12)16-8/h1-2,7-9H2. The molecule has 17 heavy (non-hydrogen) atoms. The molecule has 0 amide bonds. The van der Waals surface area contributed by atoms with Crippen LogP contribution in [0.25, 0.3) is 0 Å². The van der Waals surface area contributed by atoms with Gasteiger partial charge in [-0.25, -0.2) is 4.79 Å². The van der Waals surface area contributed by atoms with E-state index in [2.05, 4.69) is 37.4 Å². The molecule has 0 aromatic heterocycles. The second-order valence-electron chi connectivity index (χ2n) is 2.86. The maximum absolute atomic E-state index is 11.2. The smallest absolute Gasteiger partial charge is 0.357 e. The highest BCUT2D eigenvalue weighted by Gasteiger charge is 2.47. The lowest BCUT2D eigenvalue weighted by Crippen LogP contribution is -2.44. The Balaban J connectivity index is 5.14. The lowest BCUT2D eigenvalue weighted by molar-refractivity contribution is -0.161. The molecule has 0 aliphatic rings. The van der Waals surface area contributed by atoms with E-state index in [1.54, 1.807) is 0 Å². The lowest BCUT2D eigenvalue weighted by atomic mass is 9.92. The van der Waals surface area contributed by atoms with Crippen LogP contribution in [0.5, 0.6) is 0 Å². The summed E-state index contributed by atoms with van der Waals surface area (Å²) in [6, 6.07) is 0. The minimum absolute atomic E-state index is 0.946. The Labute approximate surface area is 94.0 Å². The zero-order chi connectivity index (χ0) is 13.5. The zero-order valence-electron chi connectivity index (χ0n) is 8.45. The third kappa shape index (κ3) is 3.75. The van der Waals surface area contributed by atoms with Crippen molar-refractivity contribution in [2.45, 2.75) is 18.4 Å². The summed E-state index contributed by atoms with van der Waals surface area (Å²) in [6.45, 7) is 0. The van der Waals surface area contributed by atoms with Gasteiger partial charge in [0.05, 0.1) is 12.8 Å². The van der Waals surface area contributed by atoms with E-state index in [1.165, 1.54) is 0 Å². The van der Waals surface area contributed by atoms with Crippen LogP contribution in [0, 0.1) is 4.91 Å². The topological polar surface area (TPSA) is 186 Å². The molecule has 0 aliphatic carbocycles. The normalized spacial score (nSPS) is 10.3. The van der Waals surface area contributed by atoms with Gasteiger partial charge in [0.25, 0.3) is 0 Å². The van der Waals surface area contributed by atoms with Crippen LogP contribution in [0.15, 0.2) is 5.18 Å². The summed E-state index contributed by atoms with van der Waals surface area (Å²) in [4.78, 5) is 54.9. The molecule has 96 valence electrons. The Hall–Kier alpha value is -2.11. The number of nitroso groups, excluding NO2 is 1. The third-order valence-corrected chi connectivity index (χ3v) is 1.80. The number of carbonyl (C=O) groups is 3. The van der Waals surface area contributed by atoms with Crippen molar-refractivity contribution in [3.8, 4) is 0 Å². The van der Waals surface area contributed by atoms with Gasteiger partial charge in [0.2, 0.25) is 5.54 Å². The van der Waals surface area contributed by atoms with Crippen molar-refractivity contribution >= 4 is 17.9 Å². The van der Waals surface area contributed by atoms with Crippen LogP contribution in [0.3, 0.4) is 0 Å². The Morgan fingerprint density at radius 3 is 1.59 bits per heavy atom. The van der Waals surface area contributed by atoms with Crippen LogP contribution in [0.2, 0.25) is 0 Å². The van der Waals surface area contributed by atoms with Crippen LogP contribution >= 0.6 is 0 Å². The van der Waals surface area contributed by atoms with Gasteiger partial charge in [0.1, 0.15) is 0 Å². The summed E-state index contributed by atoms with van der Waals surface area (Å²) >= 11 is 0. The van der Waals surface area contributed by atoms with E-state index in [0.29, 0.717) is 0 Å². The maximum atomic E-state index is 11.2. The van der Waals surface area contributed by atoms with E-state index in [0.717, 1.165) is 0 Å². The Bertz CT molecular complexity index is 312. The van der Waals surface area contributed by atoms with E-state index < -0.39 is 36.3 Å². The summed E-state index contributed by atoms with van der Waals surface area (Å²) in [5.41, 5.74) is -2.43. The molecule has 0 saturated heterocycles. The molecule has 0 bridgehead atoms. The van der Waals surface area contributed by atoms with Gasteiger partial charge in [-0.15, -0.1) is 4.91 Å². The highest BCUT2D eigenvalue weighted by molar-refractivity contribution is 5.91. The van der Waals surface area contributed by atoms with Crippen molar-refractivity contribution in [1.82, 2.24) is 0 Å². The van der Waals surface area contributed by atoms with E-state index in [-0.39, 0.29) is 0 Å². The fraction of sp³-hybridized carbons (Fsp3) is 0.500. The second-order valence-corrected chi connectivity index (χ2v) is 2.86. The monoisotopic (exact) mass is 250 g/mol. The molecule has 0 atom stereocenters. The van der Waals surface area contributed by atoms with Gasteiger partial charge >= 0.3 is 17.9 Å². The highest BCUT2D eigenvalue weighted by Crippen LogP contribution is 2.23. The van der Waals surface area contributed by atoms with Gasteiger partial charge in [0.15, 0.2) is 0 Å². The average molecular weight is 250 g/mol. The van der Waals surface area contributed by atoms with Crippen molar-refractivity contribution < 1.29 is 28.9 Å². The van der Waals surface area contributed by atoms with Gasteiger partial charge in [-0.05, 0) is 5.18 Å². The van der Waals surface area contributed by atoms with Gasteiger partial charge in [0, 0.05) is 0 Å². The molecular weight excluding hydrogens is 240 g/mol. The van der Waals surface area contributed by atoms with Crippen LogP contribution < -0.4 is 17.7 Å². The van der Waals surface area contributed by atoms with Crippen LogP contribution in [0.4, 0.5) is 0 Å². The number of hydrogen-bond acceptors (Lipinski definition) is 11. The Kier molecular flexibility index (Phi) is 5.66. The molecule has 0 unspecified atom stereocenters. The molecule has 11 heteroatoms. The van der Waals surface area contributed by atoms with Gasteiger partial charge in [-0.3, -0.25) is 9.59 Å². The molecule has 0 saturated carbocycles. The zero-order valence-corrected chi connectivity index (χ0v) is 8.45. The molecule has 0 aromatic rings. The predicted octanol–water partition coefficient (Wildman–Crippen LogP) is -2.48. The molecule has 0 fully saturated rings. The molecule has 0 radical (unpaired) electrons. The largest absolute Gasteiger partial charge is 0.373 e. The summed E-state index contributed by atoms with van der Waals surface area (Å²) in [5, 5.41) is 2.35. The van der Waals surface area contributed by atoms with Crippen LogP contribution in [0.1, 0.15) is 12.8 Å². The van der Waals surface area contributed by atoms with Gasteiger partial charge in [-0.2, -0.15) is 17.7 Å². The molecule has 0 heterocycles. The minimum Gasteiger partial charge on any atom is -0.373 e. The average Bonchev–Trinajstić information content (AvgIpc) is 2.36.